The summed E-state index contributed by atoms with van der Waals surface area (Å²) in [6.45, 7) is 1.88. The number of aryl methyl sites for hydroxylation is 1. The third-order valence-electron chi connectivity index (χ3n) is 1.63. The molecule has 0 aliphatic heterocycles. The Hall–Kier alpha value is -1.07. The van der Waals surface area contributed by atoms with Crippen LogP contribution in [0.4, 0.5) is 0 Å². The Kier molecular flexibility index (Phi) is 3.91. The molecule has 0 unspecified atom stereocenters. The number of aromatic nitrogens is 2. The maximum absolute atomic E-state index is 11.2. The predicted molar refractivity (Wildman–Crippen MR) is 55.4 cm³/mol. The van der Waals surface area contributed by atoms with Crippen LogP contribution in [0.25, 0.3) is 0 Å². The molecule has 0 bridgehead atoms. The summed E-state index contributed by atoms with van der Waals surface area (Å²) in [4.78, 5) is 19.0. The molecule has 14 heavy (non-hydrogen) atoms. The molecule has 1 rings (SSSR count). The molecular weight excluding hydrogens is 224 g/mol. The second-order valence-corrected chi connectivity index (χ2v) is 2.83. The van der Waals surface area contributed by atoms with Gasteiger partial charge >= 0.3 is 5.97 Å². The molecule has 1 aromatic heterocycles. The van der Waals surface area contributed by atoms with Gasteiger partial charge in [0.05, 0.1) is 0 Å². The van der Waals surface area contributed by atoms with E-state index >= 15 is 0 Å². The van der Waals surface area contributed by atoms with E-state index in [1.54, 1.807) is 0 Å². The van der Waals surface area contributed by atoms with Crippen LogP contribution in [0.1, 0.15) is 28.8 Å². The van der Waals surface area contributed by atoms with Gasteiger partial charge in [0.25, 0.3) is 0 Å². The van der Waals surface area contributed by atoms with Crippen molar-refractivity contribution in [1.82, 2.24) is 9.97 Å². The fourth-order valence-corrected chi connectivity index (χ4v) is 1.14. The number of carbonyl (C=O) groups excluding carboxylic acids is 1. The van der Waals surface area contributed by atoms with Crippen molar-refractivity contribution in [2.45, 2.75) is 13.3 Å². The van der Waals surface area contributed by atoms with Gasteiger partial charge in [-0.05, 0) is 6.42 Å². The van der Waals surface area contributed by atoms with E-state index in [1.165, 1.54) is 11.6 Å². The summed E-state index contributed by atoms with van der Waals surface area (Å²) >= 11 is 9.61. The van der Waals surface area contributed by atoms with Crippen LogP contribution in [0.15, 0.2) is 6.20 Å². The number of thiocarbonyl (C=S) groups is 1. The fraction of sp³-hybridized carbons (Fsp3) is 0.250. The van der Waals surface area contributed by atoms with Crippen LogP contribution in [0.5, 0.6) is 0 Å². The molecular formula is C8H7ClN2O2S. The summed E-state index contributed by atoms with van der Waals surface area (Å²) in [6.07, 6.45) is 2.16. The van der Waals surface area contributed by atoms with Crippen LogP contribution in [-0.2, 0) is 10.7 Å². The molecule has 4 nitrogen and oxygen atoms in total. The van der Waals surface area contributed by atoms with Crippen LogP contribution < -0.4 is 0 Å². The maximum atomic E-state index is 11.2. The zero-order valence-electron chi connectivity index (χ0n) is 7.36. The Morgan fingerprint density at radius 3 is 3.00 bits per heavy atom. The number of hydrogen-bond acceptors (Lipinski definition) is 5. The van der Waals surface area contributed by atoms with Crippen molar-refractivity contribution in [1.29, 1.82) is 0 Å². The molecule has 0 saturated heterocycles. The molecule has 0 atom stereocenters. The van der Waals surface area contributed by atoms with Crippen LogP contribution in [0, 0.1) is 0 Å². The predicted octanol–water partition coefficient (Wildman–Crippen LogP) is 1.70. The highest BCUT2D eigenvalue weighted by molar-refractivity contribution is 7.79. The summed E-state index contributed by atoms with van der Waals surface area (Å²) in [7, 11) is 0. The van der Waals surface area contributed by atoms with E-state index in [0.717, 1.165) is 0 Å². The van der Waals surface area contributed by atoms with Gasteiger partial charge in [0, 0.05) is 17.1 Å². The minimum Gasteiger partial charge on any atom is -0.342 e. The molecule has 0 fully saturated rings. The van der Waals surface area contributed by atoms with E-state index in [1.807, 2.05) is 6.92 Å². The minimum absolute atomic E-state index is 0.161. The van der Waals surface area contributed by atoms with Crippen molar-refractivity contribution in [3.63, 3.8) is 0 Å². The lowest BCUT2D eigenvalue weighted by Crippen LogP contribution is -2.09. The van der Waals surface area contributed by atoms with Gasteiger partial charge in [-0.2, -0.15) is 0 Å². The second kappa shape index (κ2) is 4.97. The van der Waals surface area contributed by atoms with Crippen molar-refractivity contribution in [3.05, 3.63) is 23.3 Å². The zero-order valence-corrected chi connectivity index (χ0v) is 8.93. The molecule has 0 aliphatic rings. The van der Waals surface area contributed by atoms with Crippen molar-refractivity contribution in [2.75, 3.05) is 0 Å². The van der Waals surface area contributed by atoms with Gasteiger partial charge in [-0.3, -0.25) is 0 Å². The van der Waals surface area contributed by atoms with E-state index in [9.17, 15) is 4.79 Å². The lowest BCUT2D eigenvalue weighted by Gasteiger charge is -2.02. The molecule has 1 aromatic rings. The Balaban J connectivity index is 3.21. The average Bonchev–Trinajstić information content (AvgIpc) is 2.27. The monoisotopic (exact) mass is 230 g/mol. The standard InChI is InChI=1S/C8H7ClN2O2S/c1-2-5-3-10-6(4-14)11-7(5)8(12)13-9/h3-4H,2H2,1H3. The SMILES string of the molecule is CCc1cnc(C=S)nc1C(=O)OCl. The Bertz CT molecular complexity index is 370. The number of carbonyl (C=O) groups is 1. The van der Waals surface area contributed by atoms with Gasteiger partial charge in [0.15, 0.2) is 11.5 Å². The fourth-order valence-electron chi connectivity index (χ4n) is 0.949. The number of hydrogen-bond donors (Lipinski definition) is 0. The molecule has 0 radical (unpaired) electrons. The summed E-state index contributed by atoms with van der Waals surface area (Å²) in [5, 5.41) is 1.28. The van der Waals surface area contributed by atoms with E-state index in [0.29, 0.717) is 17.8 Å². The van der Waals surface area contributed by atoms with E-state index < -0.39 is 5.97 Å². The molecule has 0 saturated carbocycles. The molecule has 0 aromatic carbocycles. The average molecular weight is 231 g/mol. The topological polar surface area (TPSA) is 52.1 Å². The van der Waals surface area contributed by atoms with Crippen LogP contribution in [0.2, 0.25) is 0 Å². The zero-order chi connectivity index (χ0) is 10.6. The van der Waals surface area contributed by atoms with Gasteiger partial charge < -0.3 is 4.29 Å². The minimum atomic E-state index is -0.691. The second-order valence-electron chi connectivity index (χ2n) is 2.44. The van der Waals surface area contributed by atoms with Crippen molar-refractivity contribution < 1.29 is 9.08 Å². The van der Waals surface area contributed by atoms with Crippen molar-refractivity contribution >= 4 is 35.4 Å². The first kappa shape index (κ1) is 11.0. The molecule has 0 amide bonds. The molecule has 1 heterocycles. The Labute approximate surface area is 91.4 Å². The van der Waals surface area contributed by atoms with Gasteiger partial charge in [0.1, 0.15) is 11.9 Å². The van der Waals surface area contributed by atoms with Gasteiger partial charge in [-0.1, -0.05) is 19.1 Å². The van der Waals surface area contributed by atoms with E-state index in [-0.39, 0.29) is 5.69 Å². The first-order valence-electron chi connectivity index (χ1n) is 3.87. The number of nitrogens with zero attached hydrogens (tertiary/aromatic N) is 2. The summed E-state index contributed by atoms with van der Waals surface area (Å²) in [6, 6.07) is 0. The van der Waals surface area contributed by atoms with Gasteiger partial charge in [-0.25, -0.2) is 14.8 Å². The number of halogens is 1. The quantitative estimate of drug-likeness (QED) is 0.740. The van der Waals surface area contributed by atoms with Crippen LogP contribution in [0.3, 0.4) is 0 Å². The number of rotatable bonds is 3. The molecule has 0 spiro atoms. The van der Waals surface area contributed by atoms with Crippen LogP contribution >= 0.6 is 24.1 Å². The first-order chi connectivity index (χ1) is 6.72. The van der Waals surface area contributed by atoms with Crippen molar-refractivity contribution in [3.8, 4) is 0 Å². The van der Waals surface area contributed by atoms with Gasteiger partial charge in [0.2, 0.25) is 0 Å². The first-order valence-corrected chi connectivity index (χ1v) is 4.65. The summed E-state index contributed by atoms with van der Waals surface area (Å²) < 4.78 is 4.07. The third-order valence-corrected chi connectivity index (χ3v) is 1.98. The maximum Gasteiger partial charge on any atom is 0.375 e. The largest absolute Gasteiger partial charge is 0.375 e. The van der Waals surface area contributed by atoms with Crippen molar-refractivity contribution in [2.24, 2.45) is 0 Å². The smallest absolute Gasteiger partial charge is 0.342 e. The van der Waals surface area contributed by atoms with Crippen LogP contribution in [-0.4, -0.2) is 21.3 Å². The molecule has 0 aliphatic carbocycles. The highest BCUT2D eigenvalue weighted by Gasteiger charge is 2.14. The molecule has 0 N–H and O–H groups in total. The Morgan fingerprint density at radius 2 is 2.50 bits per heavy atom. The molecule has 74 valence electrons. The highest BCUT2D eigenvalue weighted by atomic mass is 35.5. The summed E-state index contributed by atoms with van der Waals surface area (Å²) in [5.41, 5.74) is 0.838. The van der Waals surface area contributed by atoms with E-state index in [2.05, 4.69) is 26.5 Å². The molecule has 6 heteroatoms. The van der Waals surface area contributed by atoms with E-state index in [4.69, 9.17) is 11.9 Å². The highest BCUT2D eigenvalue weighted by Crippen LogP contribution is 2.08. The lowest BCUT2D eigenvalue weighted by atomic mass is 10.2. The summed E-state index contributed by atoms with van der Waals surface area (Å²) in [5.74, 6) is -0.390. The normalized spacial score (nSPS) is 9.57. The van der Waals surface area contributed by atoms with Gasteiger partial charge in [-0.15, -0.1) is 0 Å². The lowest BCUT2D eigenvalue weighted by molar-refractivity contribution is 0.0743. The Morgan fingerprint density at radius 1 is 1.79 bits per heavy atom. The third kappa shape index (κ3) is 2.24.